The molecule has 2 aromatic rings. The number of thiazole rings is 1. The van der Waals surface area contributed by atoms with Gasteiger partial charge in [0.1, 0.15) is 5.75 Å². The van der Waals surface area contributed by atoms with Gasteiger partial charge in [0.15, 0.2) is 6.04 Å². The van der Waals surface area contributed by atoms with Crippen LogP contribution in [0, 0.1) is 0 Å². The molecule has 0 fully saturated rings. The molecule has 1 aromatic carbocycles. The van der Waals surface area contributed by atoms with Gasteiger partial charge in [-0.05, 0) is 17.7 Å². The Balaban J connectivity index is 1.98. The Kier molecular flexibility index (Phi) is 5.48. The van der Waals surface area contributed by atoms with Crippen LogP contribution in [0.25, 0.3) is 0 Å². The Hall–Kier alpha value is -2.41. The van der Waals surface area contributed by atoms with Crippen molar-refractivity contribution >= 4 is 23.2 Å². The first-order valence-electron chi connectivity index (χ1n) is 6.64. The number of nitrogens with one attached hydrogen (secondary N) is 1. The van der Waals surface area contributed by atoms with Gasteiger partial charge < -0.3 is 15.2 Å². The molecule has 1 heterocycles. The van der Waals surface area contributed by atoms with Gasteiger partial charge in [-0.2, -0.15) is 0 Å². The normalized spacial score (nSPS) is 11.7. The van der Waals surface area contributed by atoms with Crippen molar-refractivity contribution in [3.8, 4) is 5.75 Å². The number of carbonyl (C=O) groups excluding carboxylic acids is 1. The van der Waals surface area contributed by atoms with Gasteiger partial charge in [-0.3, -0.25) is 4.79 Å². The molecule has 6 nitrogen and oxygen atoms in total. The number of carbonyl (C=O) groups is 2. The van der Waals surface area contributed by atoms with Crippen LogP contribution in [0.15, 0.2) is 35.8 Å². The largest absolute Gasteiger partial charge is 0.497 e. The smallest absolute Gasteiger partial charge is 0.330 e. The molecule has 0 bridgehead atoms. The minimum atomic E-state index is -1.10. The number of rotatable bonds is 7. The van der Waals surface area contributed by atoms with Gasteiger partial charge in [-0.15, -0.1) is 11.3 Å². The van der Waals surface area contributed by atoms with Crippen molar-refractivity contribution in [2.45, 2.75) is 18.9 Å². The third-order valence-electron chi connectivity index (χ3n) is 3.05. The number of carboxylic acids is 1. The molecule has 1 aromatic heterocycles. The summed E-state index contributed by atoms with van der Waals surface area (Å²) in [6.07, 6.45) is 2.38. The highest BCUT2D eigenvalue weighted by Gasteiger charge is 2.22. The molecule has 0 aliphatic carbocycles. The van der Waals surface area contributed by atoms with Crippen LogP contribution >= 0.6 is 11.3 Å². The maximum Gasteiger partial charge on any atom is 0.330 e. The molecule has 0 spiro atoms. The van der Waals surface area contributed by atoms with Crippen LogP contribution in [0.3, 0.4) is 0 Å². The molecule has 7 heteroatoms. The summed E-state index contributed by atoms with van der Waals surface area (Å²) in [6.45, 7) is 0. The van der Waals surface area contributed by atoms with E-state index in [-0.39, 0.29) is 12.3 Å². The number of methoxy groups -OCH3 is 1. The van der Waals surface area contributed by atoms with Crippen molar-refractivity contribution in [2.75, 3.05) is 7.11 Å². The van der Waals surface area contributed by atoms with Gasteiger partial charge in [-0.1, -0.05) is 12.1 Å². The summed E-state index contributed by atoms with van der Waals surface area (Å²) in [5, 5.41) is 14.5. The Morgan fingerprint density at radius 3 is 2.64 bits per heavy atom. The molecule has 0 aliphatic heterocycles. The van der Waals surface area contributed by atoms with E-state index in [0.29, 0.717) is 17.7 Å². The van der Waals surface area contributed by atoms with E-state index < -0.39 is 12.0 Å². The first-order chi connectivity index (χ1) is 10.6. The van der Waals surface area contributed by atoms with Crippen molar-refractivity contribution in [2.24, 2.45) is 0 Å². The maximum absolute atomic E-state index is 11.9. The fourth-order valence-electron chi connectivity index (χ4n) is 1.91. The zero-order valence-corrected chi connectivity index (χ0v) is 12.8. The van der Waals surface area contributed by atoms with E-state index in [1.807, 2.05) is 5.38 Å². The molecule has 2 rings (SSSR count). The second kappa shape index (κ2) is 7.56. The lowest BCUT2D eigenvalue weighted by molar-refractivity contribution is -0.142. The van der Waals surface area contributed by atoms with Gasteiger partial charge in [-0.25, -0.2) is 9.78 Å². The number of aryl methyl sites for hydroxylation is 1. The van der Waals surface area contributed by atoms with E-state index in [0.717, 1.165) is 5.01 Å². The van der Waals surface area contributed by atoms with Crippen LogP contribution in [0.2, 0.25) is 0 Å². The second-order valence-electron chi connectivity index (χ2n) is 4.54. The van der Waals surface area contributed by atoms with Crippen LogP contribution in [0.4, 0.5) is 0 Å². The summed E-state index contributed by atoms with van der Waals surface area (Å²) in [6, 6.07) is 5.49. The van der Waals surface area contributed by atoms with E-state index in [4.69, 9.17) is 4.74 Å². The van der Waals surface area contributed by atoms with E-state index in [1.165, 1.54) is 18.4 Å². The van der Waals surface area contributed by atoms with Crippen molar-refractivity contribution in [1.29, 1.82) is 0 Å². The van der Waals surface area contributed by atoms with Crippen LogP contribution in [0.1, 0.15) is 23.0 Å². The zero-order chi connectivity index (χ0) is 15.9. The molecule has 1 atom stereocenters. The summed E-state index contributed by atoms with van der Waals surface area (Å²) >= 11 is 1.47. The summed E-state index contributed by atoms with van der Waals surface area (Å²) in [5.41, 5.74) is 0.496. The molecule has 2 N–H and O–H groups in total. The standard InChI is InChI=1S/C15H16N2O4S/c1-21-11-4-2-10(3-5-11)14(15(19)20)17-12(18)6-7-13-16-8-9-22-13/h2-5,8-9,14H,6-7H2,1H3,(H,17,18)(H,19,20). The predicted octanol–water partition coefficient (Wildman–Crippen LogP) is 2.03. The average molecular weight is 320 g/mol. The Labute approximate surface area is 131 Å². The lowest BCUT2D eigenvalue weighted by Crippen LogP contribution is -2.33. The van der Waals surface area contributed by atoms with Crippen molar-refractivity contribution < 1.29 is 19.4 Å². The zero-order valence-electron chi connectivity index (χ0n) is 12.0. The number of benzene rings is 1. The average Bonchev–Trinajstić information content (AvgIpc) is 3.04. The monoisotopic (exact) mass is 320 g/mol. The van der Waals surface area contributed by atoms with Crippen LogP contribution in [0.5, 0.6) is 5.75 Å². The number of carboxylic acid groups (broad SMARTS) is 1. The molecule has 0 aliphatic rings. The number of nitrogens with zero attached hydrogens (tertiary/aromatic N) is 1. The van der Waals surface area contributed by atoms with Gasteiger partial charge in [0.25, 0.3) is 0 Å². The fraction of sp³-hybridized carbons (Fsp3) is 0.267. The second-order valence-corrected chi connectivity index (χ2v) is 5.52. The summed E-state index contributed by atoms with van der Waals surface area (Å²) in [4.78, 5) is 27.4. The number of hydrogen-bond donors (Lipinski definition) is 2. The number of amides is 1. The Morgan fingerprint density at radius 2 is 2.09 bits per heavy atom. The molecular weight excluding hydrogens is 304 g/mol. The van der Waals surface area contributed by atoms with Crippen LogP contribution in [-0.2, 0) is 16.0 Å². The van der Waals surface area contributed by atoms with Crippen molar-refractivity contribution in [3.05, 3.63) is 46.4 Å². The van der Waals surface area contributed by atoms with Gasteiger partial charge in [0.2, 0.25) is 5.91 Å². The first kappa shape index (κ1) is 16.0. The Morgan fingerprint density at radius 1 is 1.36 bits per heavy atom. The Bertz CT molecular complexity index is 626. The number of hydrogen-bond acceptors (Lipinski definition) is 5. The van der Waals surface area contributed by atoms with Crippen molar-refractivity contribution in [3.63, 3.8) is 0 Å². The molecule has 22 heavy (non-hydrogen) atoms. The van der Waals surface area contributed by atoms with E-state index >= 15 is 0 Å². The lowest BCUT2D eigenvalue weighted by atomic mass is 10.1. The molecule has 0 saturated heterocycles. The van der Waals surface area contributed by atoms with Gasteiger partial charge in [0.05, 0.1) is 12.1 Å². The fourth-order valence-corrected chi connectivity index (χ4v) is 2.53. The summed E-state index contributed by atoms with van der Waals surface area (Å²) in [5.74, 6) is -0.797. The predicted molar refractivity (Wildman–Crippen MR) is 81.9 cm³/mol. The van der Waals surface area contributed by atoms with Crippen molar-refractivity contribution in [1.82, 2.24) is 10.3 Å². The number of aliphatic carboxylic acids is 1. The highest BCUT2D eigenvalue weighted by atomic mass is 32.1. The quantitative estimate of drug-likeness (QED) is 0.815. The molecular formula is C15H16N2O4S. The molecule has 1 amide bonds. The highest BCUT2D eigenvalue weighted by Crippen LogP contribution is 2.18. The topological polar surface area (TPSA) is 88.5 Å². The van der Waals surface area contributed by atoms with E-state index in [1.54, 1.807) is 30.5 Å². The first-order valence-corrected chi connectivity index (χ1v) is 7.52. The third-order valence-corrected chi connectivity index (χ3v) is 3.89. The van der Waals surface area contributed by atoms with Crippen LogP contribution in [-0.4, -0.2) is 29.1 Å². The van der Waals surface area contributed by atoms with Gasteiger partial charge in [0, 0.05) is 24.4 Å². The lowest BCUT2D eigenvalue weighted by Gasteiger charge is -2.15. The summed E-state index contributed by atoms with van der Waals surface area (Å²) in [7, 11) is 1.53. The maximum atomic E-state index is 11.9. The molecule has 1 unspecified atom stereocenters. The summed E-state index contributed by atoms with van der Waals surface area (Å²) < 4.78 is 5.03. The molecule has 116 valence electrons. The molecule has 0 radical (unpaired) electrons. The SMILES string of the molecule is COc1ccc(C(NC(=O)CCc2nccs2)C(=O)O)cc1. The minimum Gasteiger partial charge on any atom is -0.497 e. The minimum absolute atomic E-state index is 0.202. The van der Waals surface area contributed by atoms with Gasteiger partial charge >= 0.3 is 5.97 Å². The van der Waals surface area contributed by atoms with E-state index in [9.17, 15) is 14.7 Å². The third kappa shape index (κ3) is 4.29. The number of ether oxygens (including phenoxy) is 1. The van der Waals surface area contributed by atoms with Crippen LogP contribution < -0.4 is 10.1 Å². The van der Waals surface area contributed by atoms with E-state index in [2.05, 4.69) is 10.3 Å². The molecule has 0 saturated carbocycles. The number of aromatic nitrogens is 1. The highest BCUT2D eigenvalue weighted by molar-refractivity contribution is 7.09.